The maximum absolute atomic E-state index is 6.86. The van der Waals surface area contributed by atoms with Gasteiger partial charge in [-0.05, 0) is 102 Å². The minimum Gasteiger partial charge on any atom is -0.454 e. The molecule has 0 bridgehead atoms. The average Bonchev–Trinajstić information content (AvgIpc) is 3.92. The lowest BCUT2D eigenvalue weighted by Crippen LogP contribution is -2.26. The highest BCUT2D eigenvalue weighted by Gasteiger charge is 2.52. The van der Waals surface area contributed by atoms with Crippen LogP contribution in [0.1, 0.15) is 22.3 Å². The third-order valence-electron chi connectivity index (χ3n) is 12.9. The van der Waals surface area contributed by atoms with Crippen LogP contribution in [0, 0.1) is 0 Å². The minimum absolute atomic E-state index is 0.454. The van der Waals surface area contributed by atoms with Gasteiger partial charge in [0.2, 0.25) is 0 Å². The van der Waals surface area contributed by atoms with Crippen LogP contribution in [0.5, 0.6) is 0 Å². The number of furan rings is 1. The summed E-state index contributed by atoms with van der Waals surface area (Å²) < 4.78 is 6.86. The van der Waals surface area contributed by atoms with Gasteiger partial charge in [-0.3, -0.25) is 0 Å². The predicted octanol–water partition coefficient (Wildman–Crippen LogP) is 14.9. The zero-order valence-corrected chi connectivity index (χ0v) is 30.9. The normalized spacial score (nSPS) is 13.4. The van der Waals surface area contributed by atoms with Crippen molar-refractivity contribution in [1.82, 2.24) is 0 Å². The summed E-state index contributed by atoms with van der Waals surface area (Å²) in [5.74, 6) is 0. The van der Waals surface area contributed by atoms with Crippen LogP contribution in [0.3, 0.4) is 0 Å². The molecule has 2 nitrogen and oxygen atoms in total. The number of para-hydroxylation sites is 2. The van der Waals surface area contributed by atoms with Gasteiger partial charge in [0.25, 0.3) is 0 Å². The molecule has 1 heterocycles. The monoisotopic (exact) mass is 723 g/mol. The Bertz CT molecular complexity index is 3420. The van der Waals surface area contributed by atoms with E-state index in [0.717, 1.165) is 39.0 Å². The van der Waals surface area contributed by atoms with Crippen molar-refractivity contribution in [2.75, 3.05) is 4.90 Å². The first-order valence-electron chi connectivity index (χ1n) is 19.8. The Kier molecular flexibility index (Phi) is 6.13. The maximum atomic E-state index is 6.86. The van der Waals surface area contributed by atoms with Crippen molar-refractivity contribution in [3.8, 4) is 22.3 Å². The molecule has 0 fully saturated rings. The van der Waals surface area contributed by atoms with Crippen LogP contribution in [0.15, 0.2) is 205 Å². The summed E-state index contributed by atoms with van der Waals surface area (Å²) >= 11 is 0. The molecule has 0 aliphatic heterocycles. The van der Waals surface area contributed by atoms with E-state index in [-0.39, 0.29) is 0 Å². The number of hydrogen-bond donors (Lipinski definition) is 0. The summed E-state index contributed by atoms with van der Waals surface area (Å²) in [6.45, 7) is 0. The standard InChI is InChI=1S/C55H33NO/c1-2-17-37-35(15-1)36-16-3-4-18-38(36)45-33-34(31-32-39(37)45)56(51-29-13-23-43-42-21-8-12-30-52(42)57-54(43)51)50-28-14-27-49-53(50)44-22-7-11-26-48(44)55(49)46-24-9-5-19-40(46)41-20-6-10-25-47(41)55/h1-33H. The molecule has 0 saturated carbocycles. The minimum atomic E-state index is -0.454. The van der Waals surface area contributed by atoms with Gasteiger partial charge in [0.1, 0.15) is 5.58 Å². The highest BCUT2D eigenvalue weighted by molar-refractivity contribution is 6.26. The van der Waals surface area contributed by atoms with Gasteiger partial charge in [-0.15, -0.1) is 0 Å². The molecule has 13 rings (SSSR count). The van der Waals surface area contributed by atoms with Gasteiger partial charge in [-0.1, -0.05) is 170 Å². The van der Waals surface area contributed by atoms with Gasteiger partial charge in [0.15, 0.2) is 5.58 Å². The van der Waals surface area contributed by atoms with E-state index in [0.29, 0.717) is 0 Å². The van der Waals surface area contributed by atoms with Gasteiger partial charge < -0.3 is 9.32 Å². The third-order valence-corrected chi connectivity index (χ3v) is 12.9. The Hall–Kier alpha value is -7.42. The lowest BCUT2D eigenvalue weighted by atomic mass is 9.70. The van der Waals surface area contributed by atoms with Crippen LogP contribution >= 0.6 is 0 Å². The highest BCUT2D eigenvalue weighted by Crippen LogP contribution is 2.65. The predicted molar refractivity (Wildman–Crippen MR) is 237 cm³/mol. The van der Waals surface area contributed by atoms with Crippen molar-refractivity contribution in [2.24, 2.45) is 0 Å². The summed E-state index contributed by atoms with van der Waals surface area (Å²) in [7, 11) is 0. The van der Waals surface area contributed by atoms with Crippen LogP contribution in [0.4, 0.5) is 17.1 Å². The number of hydrogen-bond acceptors (Lipinski definition) is 2. The second-order valence-electron chi connectivity index (χ2n) is 15.5. The van der Waals surface area contributed by atoms with E-state index in [1.54, 1.807) is 0 Å². The van der Waals surface area contributed by atoms with Gasteiger partial charge in [0, 0.05) is 22.0 Å². The van der Waals surface area contributed by atoms with Gasteiger partial charge in [0.05, 0.1) is 16.8 Å². The van der Waals surface area contributed by atoms with Crippen LogP contribution in [0.25, 0.3) is 76.5 Å². The van der Waals surface area contributed by atoms with E-state index in [2.05, 4.69) is 205 Å². The van der Waals surface area contributed by atoms with E-state index in [4.69, 9.17) is 4.42 Å². The van der Waals surface area contributed by atoms with Crippen LogP contribution in [-0.2, 0) is 5.41 Å². The largest absolute Gasteiger partial charge is 0.454 e. The van der Waals surface area contributed by atoms with E-state index < -0.39 is 5.41 Å². The first-order chi connectivity index (χ1) is 28.3. The van der Waals surface area contributed by atoms with Gasteiger partial charge in [-0.25, -0.2) is 0 Å². The van der Waals surface area contributed by atoms with Crippen LogP contribution in [0.2, 0.25) is 0 Å². The average molecular weight is 724 g/mol. The fourth-order valence-electron chi connectivity index (χ4n) is 10.7. The van der Waals surface area contributed by atoms with E-state index in [9.17, 15) is 0 Å². The van der Waals surface area contributed by atoms with Crippen molar-refractivity contribution in [2.45, 2.75) is 5.41 Å². The molecule has 0 unspecified atom stereocenters. The summed E-state index contributed by atoms with van der Waals surface area (Å²) in [5, 5.41) is 9.75. The lowest BCUT2D eigenvalue weighted by Gasteiger charge is -2.32. The molecular weight excluding hydrogens is 691 g/mol. The number of nitrogens with zero attached hydrogens (tertiary/aromatic N) is 1. The SMILES string of the molecule is c1ccc2c(c1)-c1ccccc1C21c2ccccc2-c2c(N(c3ccc4c5ccccc5c5ccccc5c4c3)c3cccc4c3oc3ccccc34)cccc21. The number of anilines is 3. The molecule has 0 amide bonds. The molecule has 0 saturated heterocycles. The molecule has 2 aliphatic carbocycles. The lowest BCUT2D eigenvalue weighted by molar-refractivity contribution is 0.669. The Balaban J connectivity index is 1.17. The van der Waals surface area contributed by atoms with Gasteiger partial charge >= 0.3 is 0 Å². The maximum Gasteiger partial charge on any atom is 0.159 e. The van der Waals surface area contributed by atoms with E-state index >= 15 is 0 Å². The Morgan fingerprint density at radius 1 is 0.333 bits per heavy atom. The summed E-state index contributed by atoms with van der Waals surface area (Å²) in [4.78, 5) is 2.47. The molecule has 1 aromatic heterocycles. The fourth-order valence-corrected chi connectivity index (χ4v) is 10.7. The summed E-state index contributed by atoms with van der Waals surface area (Å²) in [6, 6.07) is 73.8. The molecule has 57 heavy (non-hydrogen) atoms. The first kappa shape index (κ1) is 30.9. The van der Waals surface area contributed by atoms with Crippen LogP contribution < -0.4 is 4.90 Å². The molecule has 2 aliphatic rings. The van der Waals surface area contributed by atoms with Crippen molar-refractivity contribution >= 4 is 71.3 Å². The molecule has 0 radical (unpaired) electrons. The molecule has 11 aromatic rings. The summed E-state index contributed by atoms with van der Waals surface area (Å²) in [5.41, 5.74) is 14.9. The van der Waals surface area contributed by atoms with Crippen LogP contribution in [-0.4, -0.2) is 0 Å². The molecule has 0 atom stereocenters. The number of fused-ring (bicyclic) bond motifs is 19. The molecule has 0 N–H and O–H groups in total. The van der Waals surface area contributed by atoms with Crippen molar-refractivity contribution in [3.05, 3.63) is 222 Å². The zero-order valence-electron chi connectivity index (χ0n) is 30.9. The highest BCUT2D eigenvalue weighted by atomic mass is 16.3. The number of rotatable bonds is 3. The van der Waals surface area contributed by atoms with Crippen molar-refractivity contribution < 1.29 is 4.42 Å². The second-order valence-corrected chi connectivity index (χ2v) is 15.5. The summed E-state index contributed by atoms with van der Waals surface area (Å²) in [6.07, 6.45) is 0. The Morgan fingerprint density at radius 3 is 1.49 bits per heavy atom. The molecular formula is C55H33NO. The molecule has 2 heteroatoms. The zero-order chi connectivity index (χ0) is 37.2. The topological polar surface area (TPSA) is 16.4 Å². The van der Waals surface area contributed by atoms with Crippen molar-refractivity contribution in [1.29, 1.82) is 0 Å². The Morgan fingerprint density at radius 2 is 0.807 bits per heavy atom. The second kappa shape index (κ2) is 11.3. The molecule has 264 valence electrons. The Labute approximate surface area is 329 Å². The number of benzene rings is 10. The van der Waals surface area contributed by atoms with E-state index in [1.165, 1.54) is 76.8 Å². The smallest absolute Gasteiger partial charge is 0.159 e. The fraction of sp³-hybridized carbons (Fsp3) is 0.0182. The van der Waals surface area contributed by atoms with E-state index in [1.807, 2.05) is 0 Å². The molecule has 1 spiro atoms. The first-order valence-corrected chi connectivity index (χ1v) is 19.8. The molecule has 10 aromatic carbocycles. The quantitative estimate of drug-likeness (QED) is 0.169. The van der Waals surface area contributed by atoms with Gasteiger partial charge in [-0.2, -0.15) is 0 Å². The van der Waals surface area contributed by atoms with Crippen molar-refractivity contribution in [3.63, 3.8) is 0 Å². The third kappa shape index (κ3) is 3.94.